The highest BCUT2D eigenvalue weighted by Crippen LogP contribution is 2.46. The Balaban J connectivity index is 2.27. The number of carbonyl (C=O) groups excluding carboxylic acids is 2. The maximum atomic E-state index is 12.5. The normalized spacial score (nSPS) is 20.4. The number of ether oxygens (including phenoxy) is 1. The van der Waals surface area contributed by atoms with Gasteiger partial charge < -0.3 is 4.74 Å². The van der Waals surface area contributed by atoms with Crippen molar-refractivity contribution in [1.29, 1.82) is 0 Å². The van der Waals surface area contributed by atoms with E-state index < -0.39 is 16.6 Å². The first-order valence-electron chi connectivity index (χ1n) is 6.20. The molecule has 1 aliphatic rings. The molecular formula is C16H11ClO3. The van der Waals surface area contributed by atoms with E-state index in [4.69, 9.17) is 16.3 Å². The number of esters is 1. The minimum absolute atomic E-state index is 0.117. The zero-order valence-electron chi connectivity index (χ0n) is 10.5. The Morgan fingerprint density at radius 1 is 1.05 bits per heavy atom. The Kier molecular flexibility index (Phi) is 3.07. The van der Waals surface area contributed by atoms with Gasteiger partial charge in [0, 0.05) is 12.0 Å². The van der Waals surface area contributed by atoms with Crippen molar-refractivity contribution >= 4 is 22.8 Å². The summed E-state index contributed by atoms with van der Waals surface area (Å²) >= 11 is 5.58. The molecule has 0 amide bonds. The number of rotatable bonds is 3. The van der Waals surface area contributed by atoms with Gasteiger partial charge in [-0.2, -0.15) is 0 Å². The molecule has 1 unspecified atom stereocenters. The average molecular weight is 287 g/mol. The summed E-state index contributed by atoms with van der Waals surface area (Å²) in [5.74, 6) is 0.0261. The Morgan fingerprint density at radius 3 is 2.40 bits per heavy atom. The monoisotopic (exact) mass is 286 g/mol. The van der Waals surface area contributed by atoms with Gasteiger partial charge in [-0.25, -0.2) is 0 Å². The number of halogens is 1. The van der Waals surface area contributed by atoms with Crippen molar-refractivity contribution in [3.63, 3.8) is 0 Å². The highest BCUT2D eigenvalue weighted by molar-refractivity contribution is 6.63. The molecule has 1 atom stereocenters. The van der Waals surface area contributed by atoms with E-state index in [0.29, 0.717) is 16.9 Å². The van der Waals surface area contributed by atoms with Gasteiger partial charge in [-0.05, 0) is 23.2 Å². The topological polar surface area (TPSA) is 43.4 Å². The summed E-state index contributed by atoms with van der Waals surface area (Å²) in [6.45, 7) is 0. The fourth-order valence-electron chi connectivity index (χ4n) is 2.68. The number of benzene rings is 2. The lowest BCUT2D eigenvalue weighted by Gasteiger charge is -2.24. The molecule has 100 valence electrons. The lowest BCUT2D eigenvalue weighted by Crippen LogP contribution is -2.36. The number of hydrogen-bond acceptors (Lipinski definition) is 3. The molecule has 0 N–H and O–H groups in total. The van der Waals surface area contributed by atoms with Crippen molar-refractivity contribution in [3.8, 4) is 5.75 Å². The van der Waals surface area contributed by atoms with Crippen LogP contribution in [0.5, 0.6) is 5.75 Å². The summed E-state index contributed by atoms with van der Waals surface area (Å²) < 4.78 is 5.33. The van der Waals surface area contributed by atoms with Gasteiger partial charge in [0.15, 0.2) is 0 Å². The number of carbonyl (C=O) groups is 2. The molecule has 2 aromatic carbocycles. The largest absolute Gasteiger partial charge is 0.425 e. The lowest BCUT2D eigenvalue weighted by atomic mass is 9.73. The first kappa shape index (κ1) is 12.9. The molecule has 4 heteroatoms. The first-order valence-corrected chi connectivity index (χ1v) is 6.58. The Labute approximate surface area is 121 Å². The standard InChI is InChI=1S/C16H11ClO3/c17-14(18)10-16(11-6-2-1-3-7-11)12-8-4-5-9-13(12)20-15(16)19/h1-9H,10H2. The highest BCUT2D eigenvalue weighted by Gasteiger charge is 2.51. The third-order valence-electron chi connectivity index (χ3n) is 3.57. The van der Waals surface area contributed by atoms with Crippen LogP contribution in [0.2, 0.25) is 0 Å². The van der Waals surface area contributed by atoms with Crippen LogP contribution in [-0.4, -0.2) is 11.2 Å². The molecule has 0 aromatic heterocycles. The van der Waals surface area contributed by atoms with Gasteiger partial charge in [-0.15, -0.1) is 0 Å². The van der Waals surface area contributed by atoms with Gasteiger partial charge in [0.2, 0.25) is 5.24 Å². The molecule has 1 heterocycles. The molecule has 0 saturated heterocycles. The summed E-state index contributed by atoms with van der Waals surface area (Å²) in [7, 11) is 0. The van der Waals surface area contributed by atoms with E-state index in [1.807, 2.05) is 36.4 Å². The van der Waals surface area contributed by atoms with E-state index in [2.05, 4.69) is 0 Å². The second-order valence-corrected chi connectivity index (χ2v) is 5.11. The molecule has 1 aliphatic heterocycles. The maximum absolute atomic E-state index is 12.5. The summed E-state index contributed by atoms with van der Waals surface area (Å²) in [4.78, 5) is 23.9. The van der Waals surface area contributed by atoms with Crippen LogP contribution in [0.4, 0.5) is 0 Å². The van der Waals surface area contributed by atoms with Crippen molar-refractivity contribution in [1.82, 2.24) is 0 Å². The number of hydrogen-bond donors (Lipinski definition) is 0. The zero-order chi connectivity index (χ0) is 14.2. The molecule has 0 spiro atoms. The van der Waals surface area contributed by atoms with Gasteiger partial charge in [-0.1, -0.05) is 48.5 Å². The number of para-hydroxylation sites is 1. The third-order valence-corrected chi connectivity index (χ3v) is 3.70. The second kappa shape index (κ2) is 4.76. The first-order chi connectivity index (χ1) is 9.64. The fourth-order valence-corrected chi connectivity index (χ4v) is 2.88. The van der Waals surface area contributed by atoms with Crippen LogP contribution < -0.4 is 4.74 Å². The molecule has 0 radical (unpaired) electrons. The molecule has 0 fully saturated rings. The van der Waals surface area contributed by atoms with Gasteiger partial charge in [0.05, 0.1) is 0 Å². The van der Waals surface area contributed by atoms with Crippen LogP contribution in [-0.2, 0) is 15.0 Å². The highest BCUT2D eigenvalue weighted by atomic mass is 35.5. The van der Waals surface area contributed by atoms with Crippen LogP contribution in [0.25, 0.3) is 0 Å². The molecule has 0 aliphatic carbocycles. The fraction of sp³-hybridized carbons (Fsp3) is 0.125. The van der Waals surface area contributed by atoms with Gasteiger partial charge in [0.25, 0.3) is 0 Å². The molecule has 0 saturated carbocycles. The van der Waals surface area contributed by atoms with Gasteiger partial charge in [-0.3, -0.25) is 9.59 Å². The van der Waals surface area contributed by atoms with E-state index in [1.165, 1.54) is 0 Å². The minimum atomic E-state index is -1.14. The zero-order valence-corrected chi connectivity index (χ0v) is 11.3. The molecule has 3 rings (SSSR count). The summed E-state index contributed by atoms with van der Waals surface area (Å²) in [5, 5.41) is -0.567. The van der Waals surface area contributed by atoms with Gasteiger partial charge >= 0.3 is 5.97 Å². The van der Waals surface area contributed by atoms with Crippen molar-refractivity contribution < 1.29 is 14.3 Å². The van der Waals surface area contributed by atoms with E-state index in [9.17, 15) is 9.59 Å². The Hall–Kier alpha value is -2.13. The smallest absolute Gasteiger partial charge is 0.327 e. The van der Waals surface area contributed by atoms with Crippen LogP contribution >= 0.6 is 11.6 Å². The number of fused-ring (bicyclic) bond motifs is 1. The predicted molar refractivity (Wildman–Crippen MR) is 74.8 cm³/mol. The van der Waals surface area contributed by atoms with E-state index in [-0.39, 0.29) is 6.42 Å². The quantitative estimate of drug-likeness (QED) is 0.495. The van der Waals surface area contributed by atoms with Crippen molar-refractivity contribution in [2.24, 2.45) is 0 Å². The summed E-state index contributed by atoms with van der Waals surface area (Å²) in [6, 6.07) is 16.2. The van der Waals surface area contributed by atoms with Crippen molar-refractivity contribution in [2.75, 3.05) is 0 Å². The minimum Gasteiger partial charge on any atom is -0.425 e. The predicted octanol–water partition coefficient (Wildman–Crippen LogP) is 3.05. The van der Waals surface area contributed by atoms with Gasteiger partial charge in [0.1, 0.15) is 11.2 Å². The van der Waals surface area contributed by atoms with Crippen molar-refractivity contribution in [3.05, 3.63) is 65.7 Å². The van der Waals surface area contributed by atoms with E-state index in [0.717, 1.165) is 0 Å². The van der Waals surface area contributed by atoms with Crippen LogP contribution in [0.3, 0.4) is 0 Å². The Morgan fingerprint density at radius 2 is 1.70 bits per heavy atom. The molecular weight excluding hydrogens is 276 g/mol. The van der Waals surface area contributed by atoms with Crippen LogP contribution in [0, 0.1) is 0 Å². The van der Waals surface area contributed by atoms with Crippen LogP contribution in [0.15, 0.2) is 54.6 Å². The van der Waals surface area contributed by atoms with E-state index >= 15 is 0 Å². The molecule has 0 bridgehead atoms. The van der Waals surface area contributed by atoms with Crippen LogP contribution in [0.1, 0.15) is 17.5 Å². The summed E-state index contributed by atoms with van der Waals surface area (Å²) in [5.41, 5.74) is 0.255. The molecule has 3 nitrogen and oxygen atoms in total. The third kappa shape index (κ3) is 1.82. The molecule has 2 aromatic rings. The van der Waals surface area contributed by atoms with Crippen molar-refractivity contribution in [2.45, 2.75) is 11.8 Å². The second-order valence-electron chi connectivity index (χ2n) is 4.69. The molecule has 20 heavy (non-hydrogen) atoms. The maximum Gasteiger partial charge on any atom is 0.327 e. The summed E-state index contributed by atoms with van der Waals surface area (Å²) in [6.07, 6.45) is -0.117. The lowest BCUT2D eigenvalue weighted by molar-refractivity contribution is -0.138. The Bertz CT molecular complexity index is 681. The SMILES string of the molecule is O=C(Cl)CC1(c2ccccc2)C(=O)Oc2ccccc21. The average Bonchev–Trinajstić information content (AvgIpc) is 2.73. The van der Waals surface area contributed by atoms with E-state index in [1.54, 1.807) is 18.2 Å².